The number of hydrogen-bond donors (Lipinski definition) is 1. The summed E-state index contributed by atoms with van der Waals surface area (Å²) < 4.78 is 0. The van der Waals surface area contributed by atoms with Gasteiger partial charge in [0.15, 0.2) is 0 Å². The normalized spacial score (nSPS) is 29.3. The van der Waals surface area contributed by atoms with Crippen molar-refractivity contribution in [1.82, 2.24) is 4.90 Å². The van der Waals surface area contributed by atoms with E-state index in [1.54, 1.807) is 0 Å². The van der Waals surface area contributed by atoms with E-state index < -0.39 is 0 Å². The van der Waals surface area contributed by atoms with Crippen LogP contribution in [0.25, 0.3) is 0 Å². The van der Waals surface area contributed by atoms with Crippen molar-refractivity contribution in [3.05, 3.63) is 0 Å². The predicted molar refractivity (Wildman–Crippen MR) is 55.7 cm³/mol. The first kappa shape index (κ1) is 9.97. The first-order valence-electron chi connectivity index (χ1n) is 5.65. The number of hydrogen-bond acceptors (Lipinski definition) is 2. The third kappa shape index (κ3) is 1.78. The van der Waals surface area contributed by atoms with Crippen molar-refractivity contribution in [2.45, 2.75) is 32.6 Å². The summed E-state index contributed by atoms with van der Waals surface area (Å²) in [5, 5.41) is 0. The summed E-state index contributed by atoms with van der Waals surface area (Å²) in [6.07, 6.45) is 4.40. The van der Waals surface area contributed by atoms with E-state index in [2.05, 4.69) is 6.92 Å². The number of nitrogens with two attached hydrogens (primary N) is 1. The van der Waals surface area contributed by atoms with E-state index in [9.17, 15) is 4.79 Å². The van der Waals surface area contributed by atoms with E-state index in [0.29, 0.717) is 11.8 Å². The van der Waals surface area contributed by atoms with Crippen LogP contribution in [0.4, 0.5) is 0 Å². The van der Waals surface area contributed by atoms with Crippen molar-refractivity contribution in [3.8, 4) is 0 Å². The van der Waals surface area contributed by atoms with Crippen molar-refractivity contribution in [3.63, 3.8) is 0 Å². The van der Waals surface area contributed by atoms with Gasteiger partial charge in [-0.1, -0.05) is 6.92 Å². The lowest BCUT2D eigenvalue weighted by atomic mass is 10.1. The van der Waals surface area contributed by atoms with Crippen LogP contribution < -0.4 is 5.73 Å². The predicted octanol–water partition coefficient (Wildman–Crippen LogP) is 0.984. The maximum Gasteiger partial charge on any atom is 0.228 e. The van der Waals surface area contributed by atoms with Gasteiger partial charge in [0.2, 0.25) is 5.91 Å². The second-order valence-electron chi connectivity index (χ2n) is 5.04. The van der Waals surface area contributed by atoms with Gasteiger partial charge in [-0.3, -0.25) is 4.79 Å². The van der Waals surface area contributed by atoms with Gasteiger partial charge in [-0.25, -0.2) is 0 Å². The highest BCUT2D eigenvalue weighted by atomic mass is 16.2. The number of nitrogens with zero attached hydrogens (tertiary/aromatic N) is 1. The van der Waals surface area contributed by atoms with Crippen molar-refractivity contribution < 1.29 is 4.79 Å². The minimum Gasteiger partial charge on any atom is -0.342 e. The van der Waals surface area contributed by atoms with Crippen molar-refractivity contribution in [2.75, 3.05) is 19.6 Å². The van der Waals surface area contributed by atoms with Gasteiger partial charge in [-0.2, -0.15) is 0 Å². The number of likely N-dealkylation sites (tertiary alicyclic amines) is 1. The number of amides is 1. The molecule has 1 amide bonds. The Morgan fingerprint density at radius 2 is 2.29 bits per heavy atom. The molecule has 1 aliphatic heterocycles. The lowest BCUT2D eigenvalue weighted by molar-refractivity contribution is -0.135. The number of carbonyl (C=O) groups is 1. The molecule has 1 atom stereocenters. The summed E-state index contributed by atoms with van der Waals surface area (Å²) >= 11 is 0. The molecule has 0 spiro atoms. The molecule has 80 valence electrons. The molecule has 2 fully saturated rings. The van der Waals surface area contributed by atoms with Crippen LogP contribution in [-0.4, -0.2) is 30.4 Å². The van der Waals surface area contributed by atoms with Crippen LogP contribution in [0.3, 0.4) is 0 Å². The molecule has 14 heavy (non-hydrogen) atoms. The third-order valence-corrected chi connectivity index (χ3v) is 3.66. The Morgan fingerprint density at radius 1 is 1.57 bits per heavy atom. The lowest BCUT2D eigenvalue weighted by Gasteiger charge is -2.20. The minimum atomic E-state index is 0.0115. The molecule has 2 rings (SSSR count). The first-order valence-corrected chi connectivity index (χ1v) is 5.65. The second-order valence-corrected chi connectivity index (χ2v) is 5.04. The monoisotopic (exact) mass is 196 g/mol. The molecule has 3 heteroatoms. The Morgan fingerprint density at radius 3 is 2.86 bits per heavy atom. The molecule has 0 aromatic carbocycles. The van der Waals surface area contributed by atoms with Crippen LogP contribution in [0.15, 0.2) is 0 Å². The summed E-state index contributed by atoms with van der Waals surface area (Å²) in [6.45, 7) is 4.75. The summed E-state index contributed by atoms with van der Waals surface area (Å²) in [4.78, 5) is 14.0. The summed E-state index contributed by atoms with van der Waals surface area (Å²) in [5.74, 6) is 1.04. The largest absolute Gasteiger partial charge is 0.342 e. The van der Waals surface area contributed by atoms with E-state index in [1.165, 1.54) is 0 Å². The highest BCUT2D eigenvalue weighted by molar-refractivity contribution is 5.85. The Hall–Kier alpha value is -0.570. The maximum absolute atomic E-state index is 12.0. The standard InChI is InChI=1S/C11H20N2O/c1-11(4-5-11)10(14)13-7-3-9(8-13)2-6-12/h9H,2-8,12H2,1H3. The van der Waals surface area contributed by atoms with Crippen LogP contribution in [0, 0.1) is 11.3 Å². The van der Waals surface area contributed by atoms with E-state index >= 15 is 0 Å². The lowest BCUT2D eigenvalue weighted by Crippen LogP contribution is -2.34. The molecule has 1 saturated carbocycles. The molecular weight excluding hydrogens is 176 g/mol. The molecule has 2 aliphatic rings. The van der Waals surface area contributed by atoms with Crippen LogP contribution in [0.5, 0.6) is 0 Å². The Kier molecular flexibility index (Phi) is 2.52. The van der Waals surface area contributed by atoms with Gasteiger partial charge in [-0.05, 0) is 38.1 Å². The quantitative estimate of drug-likeness (QED) is 0.731. The minimum absolute atomic E-state index is 0.0115. The molecule has 1 saturated heterocycles. The summed E-state index contributed by atoms with van der Waals surface area (Å²) in [5.41, 5.74) is 5.54. The molecule has 0 radical (unpaired) electrons. The van der Waals surface area contributed by atoms with Crippen molar-refractivity contribution in [1.29, 1.82) is 0 Å². The van der Waals surface area contributed by atoms with Gasteiger partial charge in [0.25, 0.3) is 0 Å². The fourth-order valence-electron chi connectivity index (χ4n) is 2.27. The van der Waals surface area contributed by atoms with Gasteiger partial charge in [-0.15, -0.1) is 0 Å². The zero-order chi connectivity index (χ0) is 10.2. The van der Waals surface area contributed by atoms with Crippen molar-refractivity contribution >= 4 is 5.91 Å². The fraction of sp³-hybridized carbons (Fsp3) is 0.909. The molecular formula is C11H20N2O. The smallest absolute Gasteiger partial charge is 0.228 e. The van der Waals surface area contributed by atoms with Gasteiger partial charge in [0, 0.05) is 18.5 Å². The zero-order valence-corrected chi connectivity index (χ0v) is 8.96. The first-order chi connectivity index (χ1) is 6.65. The van der Waals surface area contributed by atoms with Crippen LogP contribution >= 0.6 is 0 Å². The fourth-order valence-corrected chi connectivity index (χ4v) is 2.27. The SMILES string of the molecule is CC1(C(=O)N2CCC(CCN)C2)CC1. The zero-order valence-electron chi connectivity index (χ0n) is 8.96. The van der Waals surface area contributed by atoms with E-state index in [1.807, 2.05) is 4.90 Å². The highest BCUT2D eigenvalue weighted by Gasteiger charge is 2.48. The molecule has 0 bridgehead atoms. The van der Waals surface area contributed by atoms with Gasteiger partial charge >= 0.3 is 0 Å². The van der Waals surface area contributed by atoms with Crippen LogP contribution in [-0.2, 0) is 4.79 Å². The molecule has 2 N–H and O–H groups in total. The van der Waals surface area contributed by atoms with Crippen LogP contribution in [0.2, 0.25) is 0 Å². The average molecular weight is 196 g/mol. The second kappa shape index (κ2) is 3.54. The molecule has 0 aromatic rings. The third-order valence-electron chi connectivity index (χ3n) is 3.66. The van der Waals surface area contributed by atoms with Crippen LogP contribution in [0.1, 0.15) is 32.6 Å². The van der Waals surface area contributed by atoms with E-state index in [4.69, 9.17) is 5.73 Å². The maximum atomic E-state index is 12.0. The van der Waals surface area contributed by atoms with E-state index in [0.717, 1.165) is 45.3 Å². The molecule has 3 nitrogen and oxygen atoms in total. The Bertz CT molecular complexity index is 235. The van der Waals surface area contributed by atoms with Gasteiger partial charge in [0.1, 0.15) is 0 Å². The Labute approximate surface area is 85.6 Å². The van der Waals surface area contributed by atoms with Gasteiger partial charge in [0.05, 0.1) is 0 Å². The molecule has 1 heterocycles. The van der Waals surface area contributed by atoms with Crippen molar-refractivity contribution in [2.24, 2.45) is 17.1 Å². The highest BCUT2D eigenvalue weighted by Crippen LogP contribution is 2.47. The van der Waals surface area contributed by atoms with Gasteiger partial charge < -0.3 is 10.6 Å². The van der Waals surface area contributed by atoms with E-state index in [-0.39, 0.29) is 5.41 Å². The molecule has 1 aliphatic carbocycles. The number of carbonyl (C=O) groups excluding carboxylic acids is 1. The summed E-state index contributed by atoms with van der Waals surface area (Å²) in [7, 11) is 0. The number of rotatable bonds is 3. The summed E-state index contributed by atoms with van der Waals surface area (Å²) in [6, 6.07) is 0. The Balaban J connectivity index is 1.86. The topological polar surface area (TPSA) is 46.3 Å². The molecule has 0 aromatic heterocycles. The average Bonchev–Trinajstić information content (AvgIpc) is 2.76. The molecule has 1 unspecified atom stereocenters.